The van der Waals surface area contributed by atoms with Crippen LogP contribution < -0.4 is 4.74 Å². The molecule has 0 atom stereocenters. The SMILES string of the molecule is COc1ccc2c(cc(C#N)n2CC2=CCN=C2)c1C. The summed E-state index contributed by atoms with van der Waals surface area (Å²) in [5, 5.41) is 10.4. The fourth-order valence-corrected chi connectivity index (χ4v) is 2.62. The number of rotatable bonds is 3. The van der Waals surface area contributed by atoms with Gasteiger partial charge in [0.25, 0.3) is 0 Å². The summed E-state index contributed by atoms with van der Waals surface area (Å²) in [5.41, 5.74) is 3.93. The molecule has 2 heterocycles. The zero-order valence-electron chi connectivity index (χ0n) is 11.6. The van der Waals surface area contributed by atoms with Gasteiger partial charge in [0, 0.05) is 22.7 Å². The van der Waals surface area contributed by atoms with Crippen LogP contribution in [0, 0.1) is 18.3 Å². The maximum atomic E-state index is 9.36. The molecule has 4 heteroatoms. The smallest absolute Gasteiger partial charge is 0.122 e. The lowest BCUT2D eigenvalue weighted by Gasteiger charge is -2.09. The van der Waals surface area contributed by atoms with E-state index in [9.17, 15) is 5.26 Å². The van der Waals surface area contributed by atoms with Crippen molar-refractivity contribution in [1.29, 1.82) is 5.26 Å². The maximum Gasteiger partial charge on any atom is 0.122 e. The van der Waals surface area contributed by atoms with Crippen molar-refractivity contribution in [2.24, 2.45) is 4.99 Å². The average molecular weight is 265 g/mol. The van der Waals surface area contributed by atoms with Crippen molar-refractivity contribution in [3.05, 3.63) is 41.1 Å². The molecule has 1 aromatic heterocycles. The van der Waals surface area contributed by atoms with Gasteiger partial charge in [-0.3, -0.25) is 4.99 Å². The molecule has 100 valence electrons. The molecule has 20 heavy (non-hydrogen) atoms. The van der Waals surface area contributed by atoms with E-state index in [1.807, 2.05) is 35.9 Å². The third kappa shape index (κ3) is 1.88. The summed E-state index contributed by atoms with van der Waals surface area (Å²) in [4.78, 5) is 4.19. The molecule has 1 aliphatic rings. The van der Waals surface area contributed by atoms with E-state index in [0.29, 0.717) is 12.2 Å². The van der Waals surface area contributed by atoms with E-state index in [2.05, 4.69) is 17.1 Å². The molecule has 0 spiro atoms. The normalized spacial score (nSPS) is 13.6. The van der Waals surface area contributed by atoms with Gasteiger partial charge in [0.05, 0.1) is 20.2 Å². The Balaban J connectivity index is 2.17. The van der Waals surface area contributed by atoms with Crippen LogP contribution in [0.15, 0.2) is 34.8 Å². The highest BCUT2D eigenvalue weighted by atomic mass is 16.5. The number of ether oxygens (including phenoxy) is 1. The molecule has 0 saturated carbocycles. The van der Waals surface area contributed by atoms with Gasteiger partial charge in [0.1, 0.15) is 17.5 Å². The summed E-state index contributed by atoms with van der Waals surface area (Å²) >= 11 is 0. The number of aliphatic imine (C=N–C) groups is 1. The highest BCUT2D eigenvalue weighted by molar-refractivity contribution is 5.88. The number of aromatic nitrogens is 1. The van der Waals surface area contributed by atoms with Crippen molar-refractivity contribution in [2.75, 3.05) is 13.7 Å². The molecule has 0 amide bonds. The minimum absolute atomic E-state index is 0.664. The van der Waals surface area contributed by atoms with Crippen LogP contribution in [0.2, 0.25) is 0 Å². The van der Waals surface area contributed by atoms with Gasteiger partial charge in [-0.05, 0) is 30.7 Å². The van der Waals surface area contributed by atoms with Crippen molar-refractivity contribution >= 4 is 17.1 Å². The highest BCUT2D eigenvalue weighted by Crippen LogP contribution is 2.30. The van der Waals surface area contributed by atoms with E-state index in [-0.39, 0.29) is 0 Å². The summed E-state index contributed by atoms with van der Waals surface area (Å²) in [6.07, 6.45) is 3.97. The number of fused-ring (bicyclic) bond motifs is 1. The van der Waals surface area contributed by atoms with Crippen molar-refractivity contribution in [3.63, 3.8) is 0 Å². The molecule has 4 nitrogen and oxygen atoms in total. The van der Waals surface area contributed by atoms with Gasteiger partial charge in [0.15, 0.2) is 0 Å². The lowest BCUT2D eigenvalue weighted by Crippen LogP contribution is -2.03. The van der Waals surface area contributed by atoms with Crippen LogP contribution in [0.25, 0.3) is 10.9 Å². The van der Waals surface area contributed by atoms with Crippen molar-refractivity contribution in [2.45, 2.75) is 13.5 Å². The van der Waals surface area contributed by atoms with E-state index in [1.165, 1.54) is 0 Å². The van der Waals surface area contributed by atoms with Gasteiger partial charge in [-0.25, -0.2) is 0 Å². The van der Waals surface area contributed by atoms with Crippen LogP contribution in [0.5, 0.6) is 5.75 Å². The van der Waals surface area contributed by atoms with E-state index < -0.39 is 0 Å². The molecule has 0 N–H and O–H groups in total. The number of methoxy groups -OCH3 is 1. The van der Waals surface area contributed by atoms with Gasteiger partial charge < -0.3 is 9.30 Å². The molecule has 0 unspecified atom stereocenters. The van der Waals surface area contributed by atoms with Crippen LogP contribution in [0.4, 0.5) is 0 Å². The summed E-state index contributed by atoms with van der Waals surface area (Å²) < 4.78 is 7.38. The molecule has 0 aliphatic carbocycles. The minimum atomic E-state index is 0.664. The first-order valence-corrected chi connectivity index (χ1v) is 6.50. The Kier molecular flexibility index (Phi) is 3.03. The van der Waals surface area contributed by atoms with Crippen LogP contribution in [-0.4, -0.2) is 24.4 Å². The molecule has 0 bridgehead atoms. The molecular weight excluding hydrogens is 250 g/mol. The Labute approximate surface area is 117 Å². The Morgan fingerprint density at radius 2 is 2.30 bits per heavy atom. The highest BCUT2D eigenvalue weighted by Gasteiger charge is 2.14. The summed E-state index contributed by atoms with van der Waals surface area (Å²) in [6.45, 7) is 3.44. The van der Waals surface area contributed by atoms with Crippen LogP contribution in [0.1, 0.15) is 11.3 Å². The number of benzene rings is 1. The average Bonchev–Trinajstić information content (AvgIpc) is 3.08. The molecule has 0 fully saturated rings. The number of hydrogen-bond acceptors (Lipinski definition) is 3. The number of nitriles is 1. The molecule has 3 rings (SSSR count). The number of nitrogens with zero attached hydrogens (tertiary/aromatic N) is 3. The van der Waals surface area contributed by atoms with Gasteiger partial charge in [0.2, 0.25) is 0 Å². The van der Waals surface area contributed by atoms with Gasteiger partial charge in [-0.1, -0.05) is 6.08 Å². The molecule has 1 aliphatic heterocycles. The monoisotopic (exact) mass is 265 g/mol. The second kappa shape index (κ2) is 4.86. The van der Waals surface area contributed by atoms with E-state index >= 15 is 0 Å². The lowest BCUT2D eigenvalue weighted by molar-refractivity contribution is 0.412. The number of aryl methyl sites for hydroxylation is 1. The first-order chi connectivity index (χ1) is 9.74. The van der Waals surface area contributed by atoms with Crippen LogP contribution in [-0.2, 0) is 6.54 Å². The zero-order valence-corrected chi connectivity index (χ0v) is 11.6. The molecule has 2 aromatic rings. The molecular formula is C16H15N3O. The Morgan fingerprint density at radius 1 is 1.45 bits per heavy atom. The maximum absolute atomic E-state index is 9.36. The summed E-state index contributed by atoms with van der Waals surface area (Å²) in [6, 6.07) is 8.16. The first kappa shape index (κ1) is 12.5. The third-order valence-electron chi connectivity index (χ3n) is 3.70. The Hall–Kier alpha value is -2.54. The summed E-state index contributed by atoms with van der Waals surface area (Å²) in [7, 11) is 1.66. The number of allylic oxidation sites excluding steroid dienone is 1. The molecule has 0 radical (unpaired) electrons. The van der Waals surface area contributed by atoms with E-state index in [1.54, 1.807) is 7.11 Å². The first-order valence-electron chi connectivity index (χ1n) is 6.50. The fraction of sp³-hybridized carbons (Fsp3) is 0.250. The van der Waals surface area contributed by atoms with Gasteiger partial charge in [-0.2, -0.15) is 5.26 Å². The quantitative estimate of drug-likeness (QED) is 0.856. The van der Waals surface area contributed by atoms with Gasteiger partial charge in [-0.15, -0.1) is 0 Å². The summed E-state index contributed by atoms with van der Waals surface area (Å²) in [5.74, 6) is 0.848. The molecule has 1 aromatic carbocycles. The third-order valence-corrected chi connectivity index (χ3v) is 3.70. The van der Waals surface area contributed by atoms with Crippen molar-refractivity contribution < 1.29 is 4.74 Å². The predicted molar refractivity (Wildman–Crippen MR) is 79.4 cm³/mol. The lowest BCUT2D eigenvalue weighted by atomic mass is 10.1. The fourth-order valence-electron chi connectivity index (χ4n) is 2.62. The Morgan fingerprint density at radius 3 is 2.95 bits per heavy atom. The minimum Gasteiger partial charge on any atom is -0.496 e. The van der Waals surface area contributed by atoms with Crippen molar-refractivity contribution in [3.8, 4) is 11.8 Å². The van der Waals surface area contributed by atoms with Crippen LogP contribution in [0.3, 0.4) is 0 Å². The van der Waals surface area contributed by atoms with Gasteiger partial charge >= 0.3 is 0 Å². The second-order valence-corrected chi connectivity index (χ2v) is 4.83. The standard InChI is InChI=1S/C16H15N3O/c1-11-14-7-13(8-17)19(10-12-5-6-18-9-12)15(14)3-4-16(11)20-2/h3-5,7,9H,6,10H2,1-2H3. The largest absolute Gasteiger partial charge is 0.496 e. The second-order valence-electron chi connectivity index (χ2n) is 4.83. The van der Waals surface area contributed by atoms with E-state index in [4.69, 9.17) is 4.74 Å². The van der Waals surface area contributed by atoms with Crippen molar-refractivity contribution in [1.82, 2.24) is 4.57 Å². The zero-order chi connectivity index (χ0) is 14.1. The molecule has 0 saturated heterocycles. The number of hydrogen-bond donors (Lipinski definition) is 0. The van der Waals surface area contributed by atoms with Crippen LogP contribution >= 0.6 is 0 Å². The predicted octanol–water partition coefficient (Wildman–Crippen LogP) is 2.84. The topological polar surface area (TPSA) is 50.3 Å². The van der Waals surface area contributed by atoms with E-state index in [0.717, 1.165) is 34.3 Å². The Bertz CT molecular complexity index is 775.